The molecule has 1 aliphatic rings. The number of nitrogens with two attached hydrogens (primary N) is 1. The lowest BCUT2D eigenvalue weighted by atomic mass is 9.99. The molecule has 2 N–H and O–H groups in total. The van der Waals surface area contributed by atoms with Crippen molar-refractivity contribution < 1.29 is 13.9 Å². The van der Waals surface area contributed by atoms with E-state index in [2.05, 4.69) is 13.8 Å². The van der Waals surface area contributed by atoms with E-state index in [9.17, 15) is 0 Å². The molecule has 1 aromatic carbocycles. The van der Waals surface area contributed by atoms with E-state index in [1.165, 1.54) is 5.56 Å². The molecule has 0 fully saturated rings. The highest BCUT2D eigenvalue weighted by Gasteiger charge is 2.20. The van der Waals surface area contributed by atoms with Gasteiger partial charge in [0.1, 0.15) is 11.3 Å². The summed E-state index contributed by atoms with van der Waals surface area (Å²) in [6.07, 6.45) is 0.958. The summed E-state index contributed by atoms with van der Waals surface area (Å²) in [7, 11) is 0. The fourth-order valence-electron chi connectivity index (χ4n) is 2.39. The maximum atomic E-state index is 5.81. The maximum Gasteiger partial charge on any atom is 0.231 e. The molecule has 1 aliphatic heterocycles. The molecule has 4 heteroatoms. The number of ether oxygens (including phenoxy) is 2. The van der Waals surface area contributed by atoms with Crippen LogP contribution in [-0.2, 0) is 13.0 Å². The predicted molar refractivity (Wildman–Crippen MR) is 68.8 cm³/mol. The molecule has 0 bridgehead atoms. The molecule has 0 saturated heterocycles. The predicted octanol–water partition coefficient (Wildman–Crippen LogP) is 2.82. The van der Waals surface area contributed by atoms with Crippen LogP contribution in [0.25, 0.3) is 11.0 Å². The van der Waals surface area contributed by atoms with Crippen LogP contribution in [-0.4, -0.2) is 6.79 Å². The van der Waals surface area contributed by atoms with Gasteiger partial charge in [-0.3, -0.25) is 0 Å². The second kappa shape index (κ2) is 4.21. The quantitative estimate of drug-likeness (QED) is 0.906. The van der Waals surface area contributed by atoms with Crippen LogP contribution in [0.15, 0.2) is 16.5 Å². The number of rotatable bonds is 3. The van der Waals surface area contributed by atoms with E-state index in [4.69, 9.17) is 19.6 Å². The van der Waals surface area contributed by atoms with Gasteiger partial charge in [-0.1, -0.05) is 13.8 Å². The summed E-state index contributed by atoms with van der Waals surface area (Å²) in [6, 6.07) is 3.89. The Bertz CT molecular complexity index is 586. The van der Waals surface area contributed by atoms with E-state index in [0.29, 0.717) is 12.5 Å². The van der Waals surface area contributed by atoms with Crippen LogP contribution in [0.3, 0.4) is 0 Å². The first-order valence-electron chi connectivity index (χ1n) is 6.23. The number of benzene rings is 1. The van der Waals surface area contributed by atoms with Crippen LogP contribution in [0, 0.1) is 5.92 Å². The van der Waals surface area contributed by atoms with Crippen molar-refractivity contribution in [1.29, 1.82) is 0 Å². The van der Waals surface area contributed by atoms with Gasteiger partial charge in [0.05, 0.1) is 6.54 Å². The summed E-state index contributed by atoms with van der Waals surface area (Å²) in [5.74, 6) is 2.96. The molecule has 2 heterocycles. The van der Waals surface area contributed by atoms with Gasteiger partial charge in [-0.2, -0.15) is 0 Å². The third-order valence-electron chi connectivity index (χ3n) is 3.17. The summed E-state index contributed by atoms with van der Waals surface area (Å²) in [5, 5.41) is 1.09. The van der Waals surface area contributed by atoms with Crippen molar-refractivity contribution in [2.75, 3.05) is 6.79 Å². The topological polar surface area (TPSA) is 57.6 Å². The normalized spacial score (nSPS) is 13.8. The number of fused-ring (bicyclic) bond motifs is 2. The van der Waals surface area contributed by atoms with E-state index >= 15 is 0 Å². The van der Waals surface area contributed by atoms with Crippen molar-refractivity contribution in [2.24, 2.45) is 11.7 Å². The first-order chi connectivity index (χ1) is 8.69. The molecule has 0 unspecified atom stereocenters. The zero-order chi connectivity index (χ0) is 12.7. The molecule has 4 nitrogen and oxygen atoms in total. The van der Waals surface area contributed by atoms with Crippen molar-refractivity contribution in [3.8, 4) is 11.5 Å². The van der Waals surface area contributed by atoms with Gasteiger partial charge < -0.3 is 19.6 Å². The van der Waals surface area contributed by atoms with Gasteiger partial charge in [0, 0.05) is 17.0 Å². The Labute approximate surface area is 106 Å². The summed E-state index contributed by atoms with van der Waals surface area (Å²) < 4.78 is 16.6. The van der Waals surface area contributed by atoms with Crippen molar-refractivity contribution in [2.45, 2.75) is 26.8 Å². The van der Waals surface area contributed by atoms with Crippen molar-refractivity contribution in [3.05, 3.63) is 23.5 Å². The van der Waals surface area contributed by atoms with Crippen LogP contribution < -0.4 is 15.2 Å². The lowest BCUT2D eigenvalue weighted by Gasteiger charge is -2.04. The van der Waals surface area contributed by atoms with E-state index in [-0.39, 0.29) is 6.79 Å². The van der Waals surface area contributed by atoms with E-state index in [1.807, 2.05) is 12.1 Å². The minimum Gasteiger partial charge on any atom is -0.459 e. The summed E-state index contributed by atoms with van der Waals surface area (Å²) >= 11 is 0. The van der Waals surface area contributed by atoms with Gasteiger partial charge in [0.25, 0.3) is 0 Å². The summed E-state index contributed by atoms with van der Waals surface area (Å²) in [4.78, 5) is 0. The second-order valence-electron chi connectivity index (χ2n) is 5.01. The zero-order valence-electron chi connectivity index (χ0n) is 10.7. The lowest BCUT2D eigenvalue weighted by molar-refractivity contribution is 0.174. The molecule has 0 radical (unpaired) electrons. The van der Waals surface area contributed by atoms with Crippen LogP contribution in [0.4, 0.5) is 0 Å². The zero-order valence-corrected chi connectivity index (χ0v) is 10.7. The van der Waals surface area contributed by atoms with Crippen molar-refractivity contribution in [1.82, 2.24) is 0 Å². The minimum atomic E-state index is 0.283. The first-order valence-corrected chi connectivity index (χ1v) is 6.23. The fraction of sp³-hybridized carbons (Fsp3) is 0.429. The van der Waals surface area contributed by atoms with E-state index in [0.717, 1.165) is 34.6 Å². The first kappa shape index (κ1) is 11.4. The SMILES string of the molecule is CC(C)Cc1c(CN)oc2cc3c(cc12)OCO3. The Hall–Kier alpha value is -1.68. The average molecular weight is 247 g/mol. The van der Waals surface area contributed by atoms with E-state index < -0.39 is 0 Å². The highest BCUT2D eigenvalue weighted by Crippen LogP contribution is 2.39. The Morgan fingerprint density at radius 2 is 1.94 bits per heavy atom. The molecule has 3 rings (SSSR count). The van der Waals surface area contributed by atoms with Gasteiger partial charge in [-0.25, -0.2) is 0 Å². The highest BCUT2D eigenvalue weighted by atomic mass is 16.7. The molecule has 0 saturated carbocycles. The fourth-order valence-corrected chi connectivity index (χ4v) is 2.39. The van der Waals surface area contributed by atoms with Crippen molar-refractivity contribution in [3.63, 3.8) is 0 Å². The van der Waals surface area contributed by atoms with Crippen LogP contribution in [0.2, 0.25) is 0 Å². The Kier molecular flexibility index (Phi) is 2.67. The molecular formula is C14H17NO3. The Balaban J connectivity index is 2.18. The lowest BCUT2D eigenvalue weighted by Crippen LogP contribution is -2.01. The molecule has 1 aromatic heterocycles. The maximum absolute atomic E-state index is 5.81. The molecule has 18 heavy (non-hydrogen) atoms. The standard InChI is InChI=1S/C14H17NO3/c1-8(2)3-9-10-4-12-13(17-7-16-12)5-11(10)18-14(9)6-15/h4-5,8H,3,6-7,15H2,1-2H3. The third-order valence-corrected chi connectivity index (χ3v) is 3.17. The van der Waals surface area contributed by atoms with E-state index in [1.54, 1.807) is 0 Å². The van der Waals surface area contributed by atoms with Gasteiger partial charge in [-0.15, -0.1) is 0 Å². The van der Waals surface area contributed by atoms with Crippen molar-refractivity contribution >= 4 is 11.0 Å². The van der Waals surface area contributed by atoms with Crippen LogP contribution in [0.1, 0.15) is 25.2 Å². The van der Waals surface area contributed by atoms with Gasteiger partial charge in [0.15, 0.2) is 11.5 Å². The van der Waals surface area contributed by atoms with Crippen LogP contribution >= 0.6 is 0 Å². The molecule has 2 aromatic rings. The van der Waals surface area contributed by atoms with Gasteiger partial charge in [0.2, 0.25) is 6.79 Å². The molecule has 0 spiro atoms. The van der Waals surface area contributed by atoms with Crippen LogP contribution in [0.5, 0.6) is 11.5 Å². The minimum absolute atomic E-state index is 0.283. The molecular weight excluding hydrogens is 230 g/mol. The van der Waals surface area contributed by atoms with Gasteiger partial charge in [-0.05, 0) is 18.4 Å². The Morgan fingerprint density at radius 1 is 1.22 bits per heavy atom. The summed E-state index contributed by atoms with van der Waals surface area (Å²) in [5.41, 5.74) is 7.78. The largest absolute Gasteiger partial charge is 0.459 e. The molecule has 0 amide bonds. The molecule has 96 valence electrons. The number of hydrogen-bond acceptors (Lipinski definition) is 4. The smallest absolute Gasteiger partial charge is 0.231 e. The number of furan rings is 1. The molecule has 0 atom stereocenters. The van der Waals surface area contributed by atoms with Gasteiger partial charge >= 0.3 is 0 Å². The Morgan fingerprint density at radius 3 is 2.61 bits per heavy atom. The molecule has 0 aliphatic carbocycles. The average Bonchev–Trinajstić information content (AvgIpc) is 2.90. The monoisotopic (exact) mass is 247 g/mol. The highest BCUT2D eigenvalue weighted by molar-refractivity contribution is 5.86. The third kappa shape index (κ3) is 1.73. The second-order valence-corrected chi connectivity index (χ2v) is 5.01. The summed E-state index contributed by atoms with van der Waals surface area (Å²) in [6.45, 7) is 5.08. The number of hydrogen-bond donors (Lipinski definition) is 1.